The van der Waals surface area contributed by atoms with Crippen molar-refractivity contribution >= 4 is 22.5 Å². The van der Waals surface area contributed by atoms with Crippen LogP contribution in [0, 0.1) is 6.92 Å². The predicted molar refractivity (Wildman–Crippen MR) is 85.5 cm³/mol. The molecule has 3 aromatic rings. The van der Waals surface area contributed by atoms with Crippen LogP contribution in [-0.2, 0) is 0 Å². The molecule has 0 atom stereocenters. The summed E-state index contributed by atoms with van der Waals surface area (Å²) in [4.78, 5) is 37.6. The minimum atomic E-state index is -0.818. The zero-order valence-corrected chi connectivity index (χ0v) is 12.8. The van der Waals surface area contributed by atoms with Gasteiger partial charge in [0.15, 0.2) is 11.2 Å². The molecule has 7 heteroatoms. The lowest BCUT2D eigenvalue weighted by atomic mass is 9.82. The molecule has 124 valence electrons. The second-order valence-electron chi connectivity index (χ2n) is 5.79. The summed E-state index contributed by atoms with van der Waals surface area (Å²) in [6.45, 7) is 1.54. The van der Waals surface area contributed by atoms with Crippen molar-refractivity contribution in [3.05, 3.63) is 62.5 Å². The standard InChI is InChI=1S/C18H10O7/c1-6-2-10(20)15-12(25-6)5-9-14(18(15)24)17(23)13-8(16(9)22)3-7(19)4-11(13)21/h2-5,19,21,24H,1H3. The van der Waals surface area contributed by atoms with E-state index < -0.39 is 28.5 Å². The van der Waals surface area contributed by atoms with Gasteiger partial charge in [-0.25, -0.2) is 0 Å². The average molecular weight is 338 g/mol. The molecule has 0 spiro atoms. The lowest BCUT2D eigenvalue weighted by Crippen LogP contribution is -2.22. The van der Waals surface area contributed by atoms with E-state index in [-0.39, 0.29) is 44.7 Å². The summed E-state index contributed by atoms with van der Waals surface area (Å²) in [6, 6.07) is 4.35. The zero-order valence-electron chi connectivity index (χ0n) is 12.8. The fourth-order valence-electron chi connectivity index (χ4n) is 3.13. The van der Waals surface area contributed by atoms with Gasteiger partial charge in [0.1, 0.15) is 34.0 Å². The first kappa shape index (κ1) is 14.9. The van der Waals surface area contributed by atoms with Crippen molar-refractivity contribution in [3.63, 3.8) is 0 Å². The monoisotopic (exact) mass is 338 g/mol. The summed E-state index contributed by atoms with van der Waals surface area (Å²) in [5.74, 6) is -2.86. The molecule has 0 aliphatic heterocycles. The molecule has 0 amide bonds. The topological polar surface area (TPSA) is 125 Å². The van der Waals surface area contributed by atoms with E-state index in [4.69, 9.17) is 4.42 Å². The molecule has 2 aromatic carbocycles. The summed E-state index contributed by atoms with van der Waals surface area (Å²) < 4.78 is 5.39. The molecule has 1 aliphatic rings. The van der Waals surface area contributed by atoms with Crippen molar-refractivity contribution in [2.24, 2.45) is 0 Å². The van der Waals surface area contributed by atoms with Gasteiger partial charge in [0.25, 0.3) is 0 Å². The van der Waals surface area contributed by atoms with E-state index in [0.29, 0.717) is 0 Å². The number of hydrogen-bond acceptors (Lipinski definition) is 7. The van der Waals surface area contributed by atoms with Gasteiger partial charge in [-0.2, -0.15) is 0 Å². The Bertz CT molecular complexity index is 1180. The van der Waals surface area contributed by atoms with E-state index in [2.05, 4.69) is 0 Å². The number of phenols is 3. The summed E-state index contributed by atoms with van der Waals surface area (Å²) in [7, 11) is 0. The molecule has 0 bridgehead atoms. The van der Waals surface area contributed by atoms with Crippen LogP contribution in [-0.4, -0.2) is 26.9 Å². The van der Waals surface area contributed by atoms with Gasteiger partial charge in [-0.1, -0.05) is 0 Å². The van der Waals surface area contributed by atoms with Gasteiger partial charge in [0.2, 0.25) is 5.78 Å². The lowest BCUT2D eigenvalue weighted by Gasteiger charge is -2.20. The highest BCUT2D eigenvalue weighted by Gasteiger charge is 2.36. The molecule has 7 nitrogen and oxygen atoms in total. The van der Waals surface area contributed by atoms with Crippen molar-refractivity contribution in [3.8, 4) is 17.2 Å². The number of fused-ring (bicyclic) bond motifs is 3. The summed E-state index contributed by atoms with van der Waals surface area (Å²) >= 11 is 0. The van der Waals surface area contributed by atoms with Gasteiger partial charge in [0, 0.05) is 23.3 Å². The molecule has 0 fully saturated rings. The van der Waals surface area contributed by atoms with Crippen molar-refractivity contribution in [1.82, 2.24) is 0 Å². The number of phenolic OH excluding ortho intramolecular Hbond substituents is 3. The fraction of sp³-hybridized carbons (Fsp3) is 0.0556. The third-order valence-electron chi connectivity index (χ3n) is 4.16. The lowest BCUT2D eigenvalue weighted by molar-refractivity contribution is 0.0974. The maximum atomic E-state index is 12.7. The van der Waals surface area contributed by atoms with Gasteiger partial charge < -0.3 is 19.7 Å². The number of carbonyl (C=O) groups is 2. The van der Waals surface area contributed by atoms with E-state index in [9.17, 15) is 29.7 Å². The second kappa shape index (κ2) is 4.70. The average Bonchev–Trinajstić information content (AvgIpc) is 2.50. The molecule has 1 heterocycles. The molecule has 1 aromatic heterocycles. The Morgan fingerprint density at radius 3 is 2.24 bits per heavy atom. The Morgan fingerprint density at radius 2 is 1.52 bits per heavy atom. The smallest absolute Gasteiger partial charge is 0.202 e. The maximum absolute atomic E-state index is 12.7. The molecule has 0 unspecified atom stereocenters. The van der Waals surface area contributed by atoms with Crippen LogP contribution in [0.4, 0.5) is 0 Å². The van der Waals surface area contributed by atoms with Crippen LogP contribution < -0.4 is 5.43 Å². The van der Waals surface area contributed by atoms with Crippen LogP contribution in [0.5, 0.6) is 17.2 Å². The zero-order chi connectivity index (χ0) is 18.0. The summed E-state index contributed by atoms with van der Waals surface area (Å²) in [5, 5.41) is 29.8. The Balaban J connectivity index is 2.16. The molecule has 0 saturated heterocycles. The van der Waals surface area contributed by atoms with Gasteiger partial charge in [0.05, 0.1) is 11.1 Å². The van der Waals surface area contributed by atoms with Crippen LogP contribution in [0.15, 0.2) is 33.5 Å². The van der Waals surface area contributed by atoms with Crippen LogP contribution in [0.3, 0.4) is 0 Å². The van der Waals surface area contributed by atoms with Crippen molar-refractivity contribution in [2.45, 2.75) is 6.92 Å². The summed E-state index contributed by atoms with van der Waals surface area (Å²) in [5.41, 5.74) is -1.65. The first-order valence-corrected chi connectivity index (χ1v) is 7.25. The first-order chi connectivity index (χ1) is 11.8. The third-order valence-corrected chi connectivity index (χ3v) is 4.16. The summed E-state index contributed by atoms with van der Waals surface area (Å²) in [6.07, 6.45) is 0. The Morgan fingerprint density at radius 1 is 0.840 bits per heavy atom. The van der Waals surface area contributed by atoms with Gasteiger partial charge in [-0.15, -0.1) is 0 Å². The third kappa shape index (κ3) is 1.89. The molecular formula is C18H10O7. The van der Waals surface area contributed by atoms with E-state index in [1.165, 1.54) is 13.0 Å². The Hall–Kier alpha value is -3.61. The van der Waals surface area contributed by atoms with E-state index in [1.807, 2.05) is 0 Å². The number of aryl methyl sites for hydroxylation is 1. The molecule has 3 N–H and O–H groups in total. The molecule has 1 aliphatic carbocycles. The SMILES string of the molecule is Cc1cc(=O)c2c(O)c3c(cc2o1)C(=O)c1cc(O)cc(O)c1C3=O. The minimum absolute atomic E-state index is 0.0322. The molecule has 0 saturated carbocycles. The van der Waals surface area contributed by atoms with Gasteiger partial charge in [-0.3, -0.25) is 14.4 Å². The second-order valence-corrected chi connectivity index (χ2v) is 5.79. The van der Waals surface area contributed by atoms with E-state index in [1.54, 1.807) is 0 Å². The van der Waals surface area contributed by atoms with Crippen molar-refractivity contribution in [1.29, 1.82) is 0 Å². The Labute approximate surface area is 139 Å². The Kier molecular flexibility index (Phi) is 2.81. The number of hydrogen-bond donors (Lipinski definition) is 3. The predicted octanol–water partition coefficient (Wildman–Crippen LogP) is 1.99. The number of carbonyl (C=O) groups excluding carboxylic acids is 2. The quantitative estimate of drug-likeness (QED) is 0.448. The number of aromatic hydroxyl groups is 3. The van der Waals surface area contributed by atoms with Crippen LogP contribution in [0.1, 0.15) is 37.6 Å². The number of benzene rings is 2. The van der Waals surface area contributed by atoms with Gasteiger partial charge in [-0.05, 0) is 19.1 Å². The van der Waals surface area contributed by atoms with Crippen molar-refractivity contribution < 1.29 is 29.3 Å². The number of rotatable bonds is 0. The van der Waals surface area contributed by atoms with Gasteiger partial charge >= 0.3 is 0 Å². The van der Waals surface area contributed by atoms with Crippen LogP contribution >= 0.6 is 0 Å². The highest BCUT2D eigenvalue weighted by Crippen LogP contribution is 2.41. The minimum Gasteiger partial charge on any atom is -0.508 e. The molecule has 4 rings (SSSR count). The molecule has 25 heavy (non-hydrogen) atoms. The largest absolute Gasteiger partial charge is 0.508 e. The van der Waals surface area contributed by atoms with Crippen LogP contribution in [0.2, 0.25) is 0 Å². The van der Waals surface area contributed by atoms with E-state index in [0.717, 1.165) is 18.2 Å². The fourth-order valence-corrected chi connectivity index (χ4v) is 3.13. The first-order valence-electron chi connectivity index (χ1n) is 7.25. The van der Waals surface area contributed by atoms with Crippen molar-refractivity contribution in [2.75, 3.05) is 0 Å². The van der Waals surface area contributed by atoms with Crippen LogP contribution in [0.25, 0.3) is 11.0 Å². The highest BCUT2D eigenvalue weighted by molar-refractivity contribution is 6.31. The maximum Gasteiger partial charge on any atom is 0.202 e. The molecule has 0 radical (unpaired) electrons. The molecular weight excluding hydrogens is 328 g/mol. The van der Waals surface area contributed by atoms with E-state index >= 15 is 0 Å². The highest BCUT2D eigenvalue weighted by atomic mass is 16.3. The number of ketones is 2. The normalized spacial score (nSPS) is 13.0.